The molecule has 0 saturated heterocycles. The van der Waals surface area contributed by atoms with Crippen molar-refractivity contribution in [3.05, 3.63) is 6.07 Å². The molecule has 2 rings (SSSR count). The first-order valence-electron chi connectivity index (χ1n) is 5.76. The smallest absolute Gasteiger partial charge is 0.139 e. The van der Waals surface area contributed by atoms with Gasteiger partial charge in [0.05, 0.1) is 0 Å². The van der Waals surface area contributed by atoms with E-state index in [2.05, 4.69) is 16.6 Å². The van der Waals surface area contributed by atoms with Crippen LogP contribution in [-0.2, 0) is 0 Å². The average molecular weight is 225 g/mol. The first-order chi connectivity index (χ1) is 7.28. The molecule has 1 aromatic rings. The van der Waals surface area contributed by atoms with Crippen LogP contribution in [-0.4, -0.2) is 10.4 Å². The van der Waals surface area contributed by atoms with Gasteiger partial charge in [-0.1, -0.05) is 13.3 Å². The molecule has 0 aliphatic heterocycles. The second-order valence-electron chi connectivity index (χ2n) is 4.39. The lowest BCUT2D eigenvalue weighted by atomic mass is 9.85. The summed E-state index contributed by atoms with van der Waals surface area (Å²) in [7, 11) is 0. The maximum Gasteiger partial charge on any atom is 0.139 e. The molecule has 0 unspecified atom stereocenters. The summed E-state index contributed by atoms with van der Waals surface area (Å²) >= 11 is 1.46. The van der Waals surface area contributed by atoms with Crippen molar-refractivity contribution >= 4 is 22.4 Å². The number of hydrogen-bond donors (Lipinski definition) is 2. The molecule has 3 nitrogen and oxygen atoms in total. The number of nitrogens with zero attached hydrogens (tertiary/aromatic N) is 1. The third kappa shape index (κ3) is 2.84. The SMILES string of the molecule is CCC1CCC(Nc2cc(N)ns2)CC1. The van der Waals surface area contributed by atoms with Gasteiger partial charge >= 0.3 is 0 Å². The van der Waals surface area contributed by atoms with Gasteiger partial charge in [0.2, 0.25) is 0 Å². The van der Waals surface area contributed by atoms with Crippen LogP contribution in [0, 0.1) is 5.92 Å². The maximum absolute atomic E-state index is 5.59. The highest BCUT2D eigenvalue weighted by Gasteiger charge is 2.19. The van der Waals surface area contributed by atoms with Crippen LogP contribution in [0.4, 0.5) is 10.8 Å². The van der Waals surface area contributed by atoms with E-state index in [4.69, 9.17) is 5.73 Å². The molecule has 1 aromatic heterocycles. The molecule has 84 valence electrons. The summed E-state index contributed by atoms with van der Waals surface area (Å²) < 4.78 is 4.07. The molecule has 0 atom stereocenters. The quantitative estimate of drug-likeness (QED) is 0.831. The van der Waals surface area contributed by atoms with Gasteiger partial charge in [0.1, 0.15) is 10.8 Å². The Labute approximate surface area is 95.2 Å². The van der Waals surface area contributed by atoms with E-state index >= 15 is 0 Å². The molecule has 0 bridgehead atoms. The first-order valence-corrected chi connectivity index (χ1v) is 6.54. The number of aromatic nitrogens is 1. The fourth-order valence-electron chi connectivity index (χ4n) is 2.27. The number of nitrogen functional groups attached to an aromatic ring is 1. The zero-order chi connectivity index (χ0) is 10.7. The van der Waals surface area contributed by atoms with Crippen molar-refractivity contribution in [3.8, 4) is 0 Å². The zero-order valence-corrected chi connectivity index (χ0v) is 10.0. The largest absolute Gasteiger partial charge is 0.383 e. The third-order valence-corrected chi connectivity index (χ3v) is 4.03. The fraction of sp³-hybridized carbons (Fsp3) is 0.727. The Morgan fingerprint density at radius 3 is 2.73 bits per heavy atom. The van der Waals surface area contributed by atoms with Gasteiger partial charge in [0, 0.05) is 12.1 Å². The summed E-state index contributed by atoms with van der Waals surface area (Å²) in [6.45, 7) is 2.29. The molecule has 3 N–H and O–H groups in total. The summed E-state index contributed by atoms with van der Waals surface area (Å²) in [6, 6.07) is 2.56. The van der Waals surface area contributed by atoms with E-state index in [1.54, 1.807) is 0 Å². The second kappa shape index (κ2) is 4.84. The molecule has 15 heavy (non-hydrogen) atoms. The number of anilines is 2. The van der Waals surface area contributed by atoms with Crippen molar-refractivity contribution in [2.75, 3.05) is 11.1 Å². The minimum absolute atomic E-state index is 0.629. The monoisotopic (exact) mass is 225 g/mol. The summed E-state index contributed by atoms with van der Waals surface area (Å²) in [6.07, 6.45) is 6.64. The van der Waals surface area contributed by atoms with Crippen LogP contribution >= 0.6 is 11.5 Å². The van der Waals surface area contributed by atoms with Crippen LogP contribution < -0.4 is 11.1 Å². The van der Waals surface area contributed by atoms with E-state index in [9.17, 15) is 0 Å². The van der Waals surface area contributed by atoms with E-state index in [1.807, 2.05) is 6.07 Å². The lowest BCUT2D eigenvalue weighted by Crippen LogP contribution is -2.25. The highest BCUT2D eigenvalue weighted by atomic mass is 32.1. The molecule has 0 spiro atoms. The topological polar surface area (TPSA) is 50.9 Å². The van der Waals surface area contributed by atoms with Gasteiger partial charge in [-0.2, -0.15) is 4.37 Å². The molecule has 0 radical (unpaired) electrons. The Bertz CT molecular complexity index is 303. The third-order valence-electron chi connectivity index (χ3n) is 3.30. The number of rotatable bonds is 3. The standard InChI is InChI=1S/C11H19N3S/c1-2-8-3-5-9(6-4-8)13-11-7-10(12)14-15-11/h7-9,13H,2-6H2,1H3,(H2,12,14). The van der Waals surface area contributed by atoms with Gasteiger partial charge < -0.3 is 11.1 Å². The Morgan fingerprint density at radius 2 is 2.20 bits per heavy atom. The van der Waals surface area contributed by atoms with Gasteiger partial charge in [-0.15, -0.1) is 0 Å². The normalized spacial score (nSPS) is 26.5. The van der Waals surface area contributed by atoms with Gasteiger partial charge in [0.15, 0.2) is 0 Å². The Hall–Kier alpha value is -0.770. The fourth-order valence-corrected chi connectivity index (χ4v) is 2.92. The lowest BCUT2D eigenvalue weighted by Gasteiger charge is -2.28. The minimum atomic E-state index is 0.629. The Kier molecular flexibility index (Phi) is 3.46. The van der Waals surface area contributed by atoms with Gasteiger partial charge in [-0.25, -0.2) is 0 Å². The average Bonchev–Trinajstić information content (AvgIpc) is 2.65. The molecular weight excluding hydrogens is 206 g/mol. The van der Waals surface area contributed by atoms with Crippen LogP contribution in [0.25, 0.3) is 0 Å². The van der Waals surface area contributed by atoms with Crippen molar-refractivity contribution in [2.24, 2.45) is 5.92 Å². The van der Waals surface area contributed by atoms with Gasteiger partial charge in [-0.3, -0.25) is 0 Å². The molecule has 0 aromatic carbocycles. The zero-order valence-electron chi connectivity index (χ0n) is 9.20. The van der Waals surface area contributed by atoms with E-state index < -0.39 is 0 Å². The summed E-state index contributed by atoms with van der Waals surface area (Å²) in [5, 5.41) is 4.64. The van der Waals surface area contributed by atoms with E-state index in [1.165, 1.54) is 43.6 Å². The van der Waals surface area contributed by atoms with Gasteiger partial charge in [0.25, 0.3) is 0 Å². The summed E-state index contributed by atoms with van der Waals surface area (Å²) in [4.78, 5) is 0. The molecule has 1 saturated carbocycles. The molecule has 1 fully saturated rings. The van der Waals surface area contributed by atoms with Crippen molar-refractivity contribution in [1.82, 2.24) is 4.37 Å². The summed E-state index contributed by atoms with van der Waals surface area (Å²) in [5.74, 6) is 1.58. The van der Waals surface area contributed by atoms with E-state index in [0.717, 1.165) is 10.9 Å². The molecule has 1 aliphatic carbocycles. The van der Waals surface area contributed by atoms with Crippen molar-refractivity contribution in [1.29, 1.82) is 0 Å². The molecular formula is C11H19N3S. The van der Waals surface area contributed by atoms with E-state index in [-0.39, 0.29) is 0 Å². The lowest BCUT2D eigenvalue weighted by molar-refractivity contribution is 0.330. The van der Waals surface area contributed by atoms with Crippen molar-refractivity contribution in [3.63, 3.8) is 0 Å². The Balaban J connectivity index is 1.82. The van der Waals surface area contributed by atoms with Crippen LogP contribution in [0.5, 0.6) is 0 Å². The van der Waals surface area contributed by atoms with Crippen molar-refractivity contribution < 1.29 is 0 Å². The van der Waals surface area contributed by atoms with Crippen LogP contribution in [0.2, 0.25) is 0 Å². The highest BCUT2D eigenvalue weighted by molar-refractivity contribution is 7.10. The highest BCUT2D eigenvalue weighted by Crippen LogP contribution is 2.29. The molecule has 4 heteroatoms. The second-order valence-corrected chi connectivity index (χ2v) is 5.19. The van der Waals surface area contributed by atoms with Crippen LogP contribution in [0.1, 0.15) is 39.0 Å². The van der Waals surface area contributed by atoms with Crippen LogP contribution in [0.15, 0.2) is 6.07 Å². The maximum atomic E-state index is 5.59. The summed E-state index contributed by atoms with van der Waals surface area (Å²) in [5.41, 5.74) is 5.59. The number of hydrogen-bond acceptors (Lipinski definition) is 4. The predicted molar refractivity (Wildman–Crippen MR) is 66.2 cm³/mol. The number of nitrogens with one attached hydrogen (secondary N) is 1. The minimum Gasteiger partial charge on any atom is -0.383 e. The molecule has 1 aliphatic rings. The van der Waals surface area contributed by atoms with Crippen LogP contribution in [0.3, 0.4) is 0 Å². The Morgan fingerprint density at radius 1 is 1.47 bits per heavy atom. The molecule has 1 heterocycles. The predicted octanol–water partition coefficient (Wildman–Crippen LogP) is 3.11. The number of nitrogens with two attached hydrogens (primary N) is 1. The van der Waals surface area contributed by atoms with Gasteiger partial charge in [-0.05, 0) is 43.1 Å². The van der Waals surface area contributed by atoms with Crippen molar-refractivity contribution in [2.45, 2.75) is 45.1 Å². The molecule has 0 amide bonds. The first kappa shape index (κ1) is 10.7. The van der Waals surface area contributed by atoms with E-state index in [0.29, 0.717) is 11.9 Å².